The molecule has 0 unspecified atom stereocenters. The summed E-state index contributed by atoms with van der Waals surface area (Å²) in [4.78, 5) is 2.17. The van der Waals surface area contributed by atoms with Crippen LogP contribution in [0.15, 0.2) is 0 Å². The lowest BCUT2D eigenvalue weighted by atomic mass is 10.3. The number of likely N-dealkylation sites (N-methyl/N-ethyl adjacent to an activating group) is 2. The minimum Gasteiger partial charge on any atom is -0.305 e. The van der Waals surface area contributed by atoms with Crippen molar-refractivity contribution in [3.05, 3.63) is 0 Å². The summed E-state index contributed by atoms with van der Waals surface area (Å²) in [5.41, 5.74) is 0. The van der Waals surface area contributed by atoms with Crippen molar-refractivity contribution in [1.29, 1.82) is 0 Å². The first-order valence-corrected chi connectivity index (χ1v) is 6.45. The molecule has 78 valence electrons. The first-order valence-electron chi connectivity index (χ1n) is 4.60. The second-order valence-electron chi connectivity index (χ2n) is 3.67. The summed E-state index contributed by atoms with van der Waals surface area (Å²) in [6, 6.07) is 0.185. The fourth-order valence-electron chi connectivity index (χ4n) is 1.91. The van der Waals surface area contributed by atoms with Gasteiger partial charge >= 0.3 is 0 Å². The monoisotopic (exact) mass is 206 g/mol. The molecule has 0 saturated carbocycles. The Balaban J connectivity index is 2.68. The van der Waals surface area contributed by atoms with E-state index in [1.807, 2.05) is 14.0 Å². The van der Waals surface area contributed by atoms with E-state index in [-0.39, 0.29) is 6.04 Å². The Morgan fingerprint density at radius 2 is 2.15 bits per heavy atom. The third-order valence-corrected chi connectivity index (χ3v) is 3.92. The lowest BCUT2D eigenvalue weighted by Gasteiger charge is -2.24. The zero-order chi connectivity index (χ0) is 10.1. The van der Waals surface area contributed by atoms with Crippen molar-refractivity contribution < 1.29 is 8.42 Å². The summed E-state index contributed by atoms with van der Waals surface area (Å²) < 4.78 is 24.3. The Hall–Kier alpha value is -0.130. The molecule has 1 saturated heterocycles. The molecule has 0 aromatic heterocycles. The maximum atomic E-state index is 11.4. The van der Waals surface area contributed by atoms with Crippen molar-refractivity contribution >= 4 is 10.0 Å². The average molecular weight is 206 g/mol. The molecular formula is C8H18N2O2S. The van der Waals surface area contributed by atoms with E-state index in [2.05, 4.69) is 4.90 Å². The van der Waals surface area contributed by atoms with Gasteiger partial charge in [0.1, 0.15) is 0 Å². The van der Waals surface area contributed by atoms with Crippen LogP contribution in [0.1, 0.15) is 13.3 Å². The predicted molar refractivity (Wildman–Crippen MR) is 53.1 cm³/mol. The molecule has 4 nitrogen and oxygen atoms in total. The molecule has 1 aliphatic rings. The van der Waals surface area contributed by atoms with E-state index < -0.39 is 10.0 Å². The Morgan fingerprint density at radius 3 is 2.46 bits per heavy atom. The summed E-state index contributed by atoms with van der Waals surface area (Å²) in [5.74, 6) is 0. The number of rotatable bonds is 3. The van der Waals surface area contributed by atoms with Crippen LogP contribution < -0.4 is 0 Å². The SMILES string of the molecule is CCN([C@@H]1CCN(C)C1)S(C)(=O)=O. The average Bonchev–Trinajstić information content (AvgIpc) is 2.34. The summed E-state index contributed by atoms with van der Waals surface area (Å²) in [5, 5.41) is 0. The predicted octanol–water partition coefficient (Wildman–Crippen LogP) is -0.0280. The lowest BCUT2D eigenvalue weighted by Crippen LogP contribution is -2.40. The van der Waals surface area contributed by atoms with Crippen LogP contribution in [0.5, 0.6) is 0 Å². The van der Waals surface area contributed by atoms with Gasteiger partial charge in [-0.1, -0.05) is 6.92 Å². The molecule has 0 bridgehead atoms. The Labute approximate surface area is 80.6 Å². The first kappa shape index (κ1) is 10.9. The standard InChI is InChI=1S/C8H18N2O2S/c1-4-10(13(3,11)12)8-5-6-9(2)7-8/h8H,4-7H2,1-3H3/t8-/m1/s1. The van der Waals surface area contributed by atoms with Gasteiger partial charge < -0.3 is 4.90 Å². The fraction of sp³-hybridized carbons (Fsp3) is 1.00. The number of likely N-dealkylation sites (tertiary alicyclic amines) is 1. The van der Waals surface area contributed by atoms with E-state index in [4.69, 9.17) is 0 Å². The molecule has 0 aromatic rings. The van der Waals surface area contributed by atoms with Gasteiger partial charge in [0.05, 0.1) is 6.26 Å². The highest BCUT2D eigenvalue weighted by Gasteiger charge is 2.29. The van der Waals surface area contributed by atoms with Gasteiger partial charge in [-0.2, -0.15) is 4.31 Å². The van der Waals surface area contributed by atoms with Gasteiger partial charge in [0.25, 0.3) is 0 Å². The molecule has 1 fully saturated rings. The molecular weight excluding hydrogens is 188 g/mol. The van der Waals surface area contributed by atoms with Crippen LogP contribution in [0.4, 0.5) is 0 Å². The molecule has 0 N–H and O–H groups in total. The van der Waals surface area contributed by atoms with Crippen molar-refractivity contribution in [3.63, 3.8) is 0 Å². The van der Waals surface area contributed by atoms with Gasteiger partial charge in [-0.25, -0.2) is 8.42 Å². The van der Waals surface area contributed by atoms with Crippen LogP contribution in [0, 0.1) is 0 Å². The van der Waals surface area contributed by atoms with E-state index in [9.17, 15) is 8.42 Å². The van der Waals surface area contributed by atoms with Crippen LogP contribution in [-0.4, -0.2) is 56.6 Å². The number of nitrogens with zero attached hydrogens (tertiary/aromatic N) is 2. The van der Waals surface area contributed by atoms with E-state index in [1.165, 1.54) is 6.26 Å². The van der Waals surface area contributed by atoms with Crippen LogP contribution in [0.2, 0.25) is 0 Å². The van der Waals surface area contributed by atoms with Crippen LogP contribution in [-0.2, 0) is 10.0 Å². The highest BCUT2D eigenvalue weighted by molar-refractivity contribution is 7.88. The Morgan fingerprint density at radius 1 is 1.54 bits per heavy atom. The molecule has 0 aromatic carbocycles. The maximum absolute atomic E-state index is 11.4. The lowest BCUT2D eigenvalue weighted by molar-refractivity contribution is 0.321. The van der Waals surface area contributed by atoms with E-state index in [1.54, 1.807) is 4.31 Å². The molecule has 0 spiro atoms. The van der Waals surface area contributed by atoms with Crippen LogP contribution in [0.25, 0.3) is 0 Å². The summed E-state index contributed by atoms with van der Waals surface area (Å²) in [6.45, 7) is 4.33. The van der Waals surface area contributed by atoms with Gasteiger partial charge in [0, 0.05) is 19.1 Å². The topological polar surface area (TPSA) is 40.6 Å². The molecule has 0 amide bonds. The molecule has 0 radical (unpaired) electrons. The number of hydrogen-bond donors (Lipinski definition) is 0. The van der Waals surface area contributed by atoms with E-state index >= 15 is 0 Å². The summed E-state index contributed by atoms with van der Waals surface area (Å²) in [6.07, 6.45) is 2.24. The van der Waals surface area contributed by atoms with Crippen LogP contribution in [0.3, 0.4) is 0 Å². The Kier molecular flexibility index (Phi) is 3.32. The molecule has 0 aliphatic carbocycles. The van der Waals surface area contributed by atoms with Gasteiger partial charge in [0.15, 0.2) is 0 Å². The van der Waals surface area contributed by atoms with Crippen molar-refractivity contribution in [2.75, 3.05) is 32.9 Å². The summed E-state index contributed by atoms with van der Waals surface area (Å²) >= 11 is 0. The number of hydrogen-bond acceptors (Lipinski definition) is 3. The third kappa shape index (κ3) is 2.65. The highest BCUT2D eigenvalue weighted by Crippen LogP contribution is 2.16. The van der Waals surface area contributed by atoms with Gasteiger partial charge in [-0.15, -0.1) is 0 Å². The van der Waals surface area contributed by atoms with Gasteiger partial charge in [0.2, 0.25) is 10.0 Å². The zero-order valence-electron chi connectivity index (χ0n) is 8.52. The largest absolute Gasteiger partial charge is 0.305 e. The minimum atomic E-state index is -3.02. The molecule has 13 heavy (non-hydrogen) atoms. The minimum absolute atomic E-state index is 0.185. The van der Waals surface area contributed by atoms with Crippen molar-refractivity contribution in [1.82, 2.24) is 9.21 Å². The van der Waals surface area contributed by atoms with Crippen molar-refractivity contribution in [2.24, 2.45) is 0 Å². The second kappa shape index (κ2) is 3.94. The second-order valence-corrected chi connectivity index (χ2v) is 5.61. The number of sulfonamides is 1. The fourth-order valence-corrected chi connectivity index (χ4v) is 3.09. The summed E-state index contributed by atoms with van der Waals surface area (Å²) in [7, 11) is -0.991. The van der Waals surface area contributed by atoms with Gasteiger partial charge in [-0.05, 0) is 20.0 Å². The molecule has 1 rings (SSSR count). The van der Waals surface area contributed by atoms with Crippen LogP contribution >= 0.6 is 0 Å². The van der Waals surface area contributed by atoms with Crippen molar-refractivity contribution in [3.8, 4) is 0 Å². The van der Waals surface area contributed by atoms with Crippen molar-refractivity contribution in [2.45, 2.75) is 19.4 Å². The van der Waals surface area contributed by atoms with E-state index in [0.29, 0.717) is 6.54 Å². The van der Waals surface area contributed by atoms with E-state index in [0.717, 1.165) is 19.5 Å². The third-order valence-electron chi connectivity index (χ3n) is 2.51. The molecule has 5 heteroatoms. The highest BCUT2D eigenvalue weighted by atomic mass is 32.2. The molecule has 1 aliphatic heterocycles. The molecule has 1 atom stereocenters. The first-order chi connectivity index (χ1) is 5.95. The zero-order valence-corrected chi connectivity index (χ0v) is 9.34. The van der Waals surface area contributed by atoms with Gasteiger partial charge in [-0.3, -0.25) is 0 Å². The molecule has 1 heterocycles. The Bertz CT molecular complexity index is 263. The maximum Gasteiger partial charge on any atom is 0.211 e. The smallest absolute Gasteiger partial charge is 0.211 e. The quantitative estimate of drug-likeness (QED) is 0.651. The normalized spacial score (nSPS) is 25.7.